The molecule has 1 aromatic carbocycles. The van der Waals surface area contributed by atoms with Crippen LogP contribution >= 0.6 is 11.6 Å². The van der Waals surface area contributed by atoms with E-state index in [4.69, 9.17) is 22.1 Å². The van der Waals surface area contributed by atoms with Gasteiger partial charge in [0.2, 0.25) is 17.0 Å². The third kappa shape index (κ3) is 2.83. The Bertz CT molecular complexity index is 633. The number of nitrogen functional groups attached to an aromatic ring is 1. The zero-order chi connectivity index (χ0) is 14.0. The van der Waals surface area contributed by atoms with Crippen molar-refractivity contribution < 1.29 is 14.1 Å². The number of nitrogens with two attached hydrogens (primary N) is 1. The van der Waals surface area contributed by atoms with Crippen molar-refractivity contribution in [3.05, 3.63) is 39.4 Å². The Balaban J connectivity index is 2.45. The normalized spacial score (nSPS) is 10.2. The number of nitrogens with zero attached hydrogens (tertiary/aromatic N) is 4. The molecule has 2 rings (SSSR count). The van der Waals surface area contributed by atoms with E-state index in [1.807, 2.05) is 0 Å². The fourth-order valence-electron chi connectivity index (χ4n) is 1.23. The van der Waals surface area contributed by atoms with Gasteiger partial charge in [0, 0.05) is 6.07 Å². The first-order valence-corrected chi connectivity index (χ1v) is 5.13. The number of aromatic nitrogens is 3. The maximum absolute atomic E-state index is 13.5. The van der Waals surface area contributed by atoms with Gasteiger partial charge >= 0.3 is 11.7 Å². The van der Waals surface area contributed by atoms with E-state index in [1.54, 1.807) is 0 Å². The van der Waals surface area contributed by atoms with Crippen molar-refractivity contribution in [2.45, 2.75) is 0 Å². The Morgan fingerprint density at radius 2 is 2.11 bits per heavy atom. The summed E-state index contributed by atoms with van der Waals surface area (Å²) in [5.74, 6) is -1.83. The lowest BCUT2D eigenvalue weighted by Crippen LogP contribution is -2.02. The second kappa shape index (κ2) is 4.98. The van der Waals surface area contributed by atoms with Gasteiger partial charge in [-0.3, -0.25) is 10.1 Å². The average molecular weight is 286 g/mol. The topological polar surface area (TPSA) is 117 Å². The van der Waals surface area contributed by atoms with E-state index in [2.05, 4.69) is 15.0 Å². The number of para-hydroxylation sites is 1. The molecule has 0 saturated heterocycles. The van der Waals surface area contributed by atoms with E-state index in [0.29, 0.717) is 0 Å². The number of rotatable bonds is 3. The van der Waals surface area contributed by atoms with Gasteiger partial charge in [-0.1, -0.05) is 6.07 Å². The predicted molar refractivity (Wildman–Crippen MR) is 62.4 cm³/mol. The molecule has 0 amide bonds. The molecule has 0 aliphatic heterocycles. The van der Waals surface area contributed by atoms with Gasteiger partial charge in [-0.2, -0.15) is 15.0 Å². The van der Waals surface area contributed by atoms with Crippen LogP contribution in [0.4, 0.5) is 16.0 Å². The molecule has 0 bridgehead atoms. The van der Waals surface area contributed by atoms with Gasteiger partial charge < -0.3 is 10.5 Å². The molecule has 8 nitrogen and oxygen atoms in total. The highest BCUT2D eigenvalue weighted by molar-refractivity contribution is 6.28. The first-order valence-electron chi connectivity index (χ1n) is 4.75. The molecule has 1 heterocycles. The summed E-state index contributed by atoms with van der Waals surface area (Å²) in [4.78, 5) is 20.5. The van der Waals surface area contributed by atoms with Gasteiger partial charge in [-0.05, 0) is 17.7 Å². The quantitative estimate of drug-likeness (QED) is 0.676. The van der Waals surface area contributed by atoms with E-state index < -0.39 is 28.2 Å². The summed E-state index contributed by atoms with van der Waals surface area (Å²) in [6.45, 7) is 0. The van der Waals surface area contributed by atoms with E-state index >= 15 is 0 Å². The first-order chi connectivity index (χ1) is 8.97. The minimum Gasteiger partial charge on any atom is -0.414 e. The van der Waals surface area contributed by atoms with Crippen molar-refractivity contribution in [2.75, 3.05) is 5.73 Å². The van der Waals surface area contributed by atoms with E-state index in [9.17, 15) is 14.5 Å². The fourth-order valence-corrected chi connectivity index (χ4v) is 1.38. The SMILES string of the molecule is Nc1nc(Cl)nc(Oc2c(F)cccc2[N+](=O)[O-])n1. The molecule has 19 heavy (non-hydrogen) atoms. The molecular formula is C9H5ClFN5O3. The van der Waals surface area contributed by atoms with Gasteiger partial charge in [0.05, 0.1) is 4.92 Å². The Morgan fingerprint density at radius 1 is 1.37 bits per heavy atom. The fraction of sp³-hybridized carbons (Fsp3) is 0. The number of benzene rings is 1. The smallest absolute Gasteiger partial charge is 0.328 e. The Hall–Kier alpha value is -2.55. The third-order valence-corrected chi connectivity index (χ3v) is 2.11. The number of anilines is 1. The van der Waals surface area contributed by atoms with Gasteiger partial charge in [0.15, 0.2) is 5.82 Å². The second-order valence-electron chi connectivity index (χ2n) is 3.19. The second-order valence-corrected chi connectivity index (χ2v) is 3.53. The van der Waals surface area contributed by atoms with Crippen LogP contribution in [0.2, 0.25) is 5.28 Å². The maximum Gasteiger partial charge on any atom is 0.328 e. The van der Waals surface area contributed by atoms with E-state index in [1.165, 1.54) is 6.07 Å². The molecule has 2 N–H and O–H groups in total. The van der Waals surface area contributed by atoms with Crippen LogP contribution in [-0.2, 0) is 0 Å². The molecule has 10 heteroatoms. The van der Waals surface area contributed by atoms with E-state index in [-0.39, 0.29) is 11.2 Å². The number of nitro benzene ring substituents is 1. The maximum atomic E-state index is 13.5. The molecule has 0 atom stereocenters. The zero-order valence-electron chi connectivity index (χ0n) is 9.08. The van der Waals surface area contributed by atoms with Crippen LogP contribution < -0.4 is 10.5 Å². The standard InChI is InChI=1S/C9H5ClFN5O3/c10-7-13-8(12)15-9(14-7)19-6-4(11)2-1-3-5(6)16(17)18/h1-3H,(H2,12,13,14,15). The minimum absolute atomic E-state index is 0.256. The molecule has 2 aromatic rings. The average Bonchev–Trinajstić information content (AvgIpc) is 2.30. The summed E-state index contributed by atoms with van der Waals surface area (Å²) in [6.07, 6.45) is 0. The molecule has 0 fully saturated rings. The monoisotopic (exact) mass is 285 g/mol. The zero-order valence-corrected chi connectivity index (χ0v) is 9.83. The summed E-state index contributed by atoms with van der Waals surface area (Å²) >= 11 is 5.51. The summed E-state index contributed by atoms with van der Waals surface area (Å²) < 4.78 is 18.5. The van der Waals surface area contributed by atoms with Gasteiger partial charge in [-0.25, -0.2) is 4.39 Å². The Morgan fingerprint density at radius 3 is 2.74 bits per heavy atom. The van der Waals surface area contributed by atoms with E-state index in [0.717, 1.165) is 12.1 Å². The third-order valence-electron chi connectivity index (χ3n) is 1.94. The molecule has 0 saturated carbocycles. The van der Waals surface area contributed by atoms with Crippen LogP contribution in [0.1, 0.15) is 0 Å². The van der Waals surface area contributed by atoms with Gasteiger partial charge in [-0.15, -0.1) is 0 Å². The number of ether oxygens (including phenoxy) is 1. The first kappa shape index (κ1) is 12.9. The highest BCUT2D eigenvalue weighted by Gasteiger charge is 2.21. The number of halogens is 2. The number of hydrogen-bond donors (Lipinski definition) is 1. The lowest BCUT2D eigenvalue weighted by molar-refractivity contribution is -0.385. The predicted octanol–water partition coefficient (Wildman–Crippen LogP) is 1.95. The van der Waals surface area contributed by atoms with Crippen molar-refractivity contribution in [2.24, 2.45) is 0 Å². The lowest BCUT2D eigenvalue weighted by atomic mass is 10.3. The highest BCUT2D eigenvalue weighted by Crippen LogP contribution is 2.32. The minimum atomic E-state index is -0.940. The number of hydrogen-bond acceptors (Lipinski definition) is 7. The molecule has 1 aromatic heterocycles. The van der Waals surface area contributed by atoms with Crippen LogP contribution in [0.3, 0.4) is 0 Å². The molecule has 0 radical (unpaired) electrons. The lowest BCUT2D eigenvalue weighted by Gasteiger charge is -2.05. The van der Waals surface area contributed by atoms with Crippen LogP contribution in [0.25, 0.3) is 0 Å². The van der Waals surface area contributed by atoms with Gasteiger partial charge in [0.1, 0.15) is 0 Å². The largest absolute Gasteiger partial charge is 0.414 e. The molecule has 0 spiro atoms. The Labute approximate surface area is 110 Å². The van der Waals surface area contributed by atoms with Crippen molar-refractivity contribution in [1.82, 2.24) is 15.0 Å². The van der Waals surface area contributed by atoms with Crippen LogP contribution in [0.5, 0.6) is 11.8 Å². The summed E-state index contributed by atoms with van der Waals surface area (Å²) in [5.41, 5.74) is 4.72. The van der Waals surface area contributed by atoms with Crippen molar-refractivity contribution in [1.29, 1.82) is 0 Å². The molecular weight excluding hydrogens is 281 g/mol. The molecule has 0 aliphatic rings. The number of nitro groups is 1. The highest BCUT2D eigenvalue weighted by atomic mass is 35.5. The summed E-state index contributed by atoms with van der Waals surface area (Å²) in [6, 6.07) is 2.81. The van der Waals surface area contributed by atoms with Crippen molar-refractivity contribution in [3.63, 3.8) is 0 Å². The molecule has 0 aliphatic carbocycles. The molecule has 0 unspecified atom stereocenters. The molecule has 98 valence electrons. The van der Waals surface area contributed by atoms with Crippen LogP contribution in [0, 0.1) is 15.9 Å². The van der Waals surface area contributed by atoms with Crippen LogP contribution in [-0.4, -0.2) is 19.9 Å². The van der Waals surface area contributed by atoms with Crippen molar-refractivity contribution >= 4 is 23.2 Å². The van der Waals surface area contributed by atoms with Crippen LogP contribution in [0.15, 0.2) is 18.2 Å². The van der Waals surface area contributed by atoms with Crippen molar-refractivity contribution in [3.8, 4) is 11.8 Å². The van der Waals surface area contributed by atoms with Gasteiger partial charge in [0.25, 0.3) is 0 Å². The summed E-state index contributed by atoms with van der Waals surface area (Å²) in [7, 11) is 0. The Kier molecular flexibility index (Phi) is 3.38. The summed E-state index contributed by atoms with van der Waals surface area (Å²) in [5, 5.41) is 10.5.